The summed E-state index contributed by atoms with van der Waals surface area (Å²) in [5.74, 6) is 0.320. The molecular weight excluding hydrogens is 242 g/mol. The third-order valence-corrected chi connectivity index (χ3v) is 5.02. The Bertz CT molecular complexity index is 355. The third kappa shape index (κ3) is 3.28. The highest BCUT2D eigenvalue weighted by atomic mass is 16.4. The maximum Gasteiger partial charge on any atom is 0.306 e. The average molecular weight is 267 g/mol. The van der Waals surface area contributed by atoms with Crippen LogP contribution in [0, 0.1) is 23.7 Å². The number of carbonyl (C=O) groups excluding carboxylic acids is 1. The minimum atomic E-state index is -0.738. The molecule has 2 aliphatic rings. The average Bonchev–Trinajstić information content (AvgIpc) is 2.41. The second-order valence-electron chi connectivity index (χ2n) is 6.43. The van der Waals surface area contributed by atoms with Crippen molar-refractivity contribution in [2.45, 2.75) is 46.0 Å². The summed E-state index contributed by atoms with van der Waals surface area (Å²) in [6.45, 7) is 6.13. The zero-order valence-electron chi connectivity index (χ0n) is 12.0. The van der Waals surface area contributed by atoms with Crippen molar-refractivity contribution in [1.82, 2.24) is 4.90 Å². The molecule has 0 bridgehead atoms. The van der Waals surface area contributed by atoms with E-state index in [1.165, 1.54) is 0 Å². The lowest BCUT2D eigenvalue weighted by Gasteiger charge is -2.38. The molecule has 2 rings (SSSR count). The highest BCUT2D eigenvalue weighted by molar-refractivity contribution is 5.80. The standard InChI is InChI=1S/C15H25NO3/c1-10-6-7-16(9-11(10)2)14(17)12-4-3-5-13(8-12)15(18)19/h10-13H,3-9H2,1-2H3,(H,18,19). The van der Waals surface area contributed by atoms with Crippen molar-refractivity contribution in [1.29, 1.82) is 0 Å². The highest BCUT2D eigenvalue weighted by Gasteiger charge is 2.35. The topological polar surface area (TPSA) is 57.6 Å². The van der Waals surface area contributed by atoms with Gasteiger partial charge in [0.25, 0.3) is 0 Å². The van der Waals surface area contributed by atoms with E-state index in [9.17, 15) is 9.59 Å². The van der Waals surface area contributed by atoms with Gasteiger partial charge >= 0.3 is 5.97 Å². The van der Waals surface area contributed by atoms with Crippen LogP contribution in [0.5, 0.6) is 0 Å². The van der Waals surface area contributed by atoms with Gasteiger partial charge in [-0.3, -0.25) is 9.59 Å². The second kappa shape index (κ2) is 5.93. The molecule has 108 valence electrons. The first kappa shape index (κ1) is 14.4. The zero-order chi connectivity index (χ0) is 14.0. The lowest BCUT2D eigenvalue weighted by atomic mass is 9.80. The van der Waals surface area contributed by atoms with Crippen LogP contribution >= 0.6 is 0 Å². The number of piperidine rings is 1. The fourth-order valence-electron chi connectivity index (χ4n) is 3.36. The Kier molecular flexibility index (Phi) is 4.48. The first-order chi connectivity index (χ1) is 8.99. The molecule has 1 aliphatic carbocycles. The number of nitrogens with zero attached hydrogens (tertiary/aromatic N) is 1. The number of rotatable bonds is 2. The van der Waals surface area contributed by atoms with E-state index < -0.39 is 5.97 Å². The summed E-state index contributed by atoms with van der Waals surface area (Å²) >= 11 is 0. The van der Waals surface area contributed by atoms with E-state index in [0.717, 1.165) is 38.8 Å². The van der Waals surface area contributed by atoms with Crippen LogP contribution in [-0.2, 0) is 9.59 Å². The van der Waals surface area contributed by atoms with Crippen molar-refractivity contribution >= 4 is 11.9 Å². The fourth-order valence-corrected chi connectivity index (χ4v) is 3.36. The maximum atomic E-state index is 12.5. The van der Waals surface area contributed by atoms with Gasteiger partial charge in [-0.05, 0) is 37.5 Å². The van der Waals surface area contributed by atoms with Gasteiger partial charge in [0.2, 0.25) is 5.91 Å². The normalized spacial score (nSPS) is 36.0. The van der Waals surface area contributed by atoms with Crippen LogP contribution in [0.2, 0.25) is 0 Å². The molecular formula is C15H25NO3. The van der Waals surface area contributed by atoms with Crippen molar-refractivity contribution in [2.75, 3.05) is 13.1 Å². The van der Waals surface area contributed by atoms with Gasteiger partial charge in [0.1, 0.15) is 0 Å². The summed E-state index contributed by atoms with van der Waals surface area (Å²) in [6.07, 6.45) is 4.07. The first-order valence-corrected chi connectivity index (χ1v) is 7.50. The van der Waals surface area contributed by atoms with E-state index in [1.807, 2.05) is 4.90 Å². The molecule has 0 radical (unpaired) electrons. The molecule has 1 saturated carbocycles. The van der Waals surface area contributed by atoms with Crippen molar-refractivity contribution in [2.24, 2.45) is 23.7 Å². The molecule has 0 aromatic carbocycles. The minimum Gasteiger partial charge on any atom is -0.481 e. The SMILES string of the molecule is CC1CCN(C(=O)C2CCCC(C(=O)O)C2)CC1C. The van der Waals surface area contributed by atoms with E-state index >= 15 is 0 Å². The maximum absolute atomic E-state index is 12.5. The number of likely N-dealkylation sites (tertiary alicyclic amines) is 1. The third-order valence-electron chi connectivity index (χ3n) is 5.02. The van der Waals surface area contributed by atoms with E-state index in [-0.39, 0.29) is 17.7 Å². The summed E-state index contributed by atoms with van der Waals surface area (Å²) in [6, 6.07) is 0. The van der Waals surface area contributed by atoms with Crippen LogP contribution in [0.25, 0.3) is 0 Å². The smallest absolute Gasteiger partial charge is 0.306 e. The predicted octanol–water partition coefficient (Wildman–Crippen LogP) is 2.38. The predicted molar refractivity (Wildman–Crippen MR) is 72.6 cm³/mol. The monoisotopic (exact) mass is 267 g/mol. The van der Waals surface area contributed by atoms with Crippen molar-refractivity contribution < 1.29 is 14.7 Å². The number of aliphatic carboxylic acids is 1. The molecule has 0 aromatic rings. The van der Waals surface area contributed by atoms with Gasteiger partial charge in [-0.25, -0.2) is 0 Å². The Balaban J connectivity index is 1.94. The molecule has 4 unspecified atom stereocenters. The van der Waals surface area contributed by atoms with Crippen LogP contribution in [0.4, 0.5) is 0 Å². The van der Waals surface area contributed by atoms with Crippen LogP contribution in [0.3, 0.4) is 0 Å². The van der Waals surface area contributed by atoms with Crippen molar-refractivity contribution in [3.05, 3.63) is 0 Å². The number of carboxylic acid groups (broad SMARTS) is 1. The van der Waals surface area contributed by atoms with E-state index in [2.05, 4.69) is 13.8 Å². The Hall–Kier alpha value is -1.06. The lowest BCUT2D eigenvalue weighted by molar-refractivity contribution is -0.146. The van der Waals surface area contributed by atoms with Crippen LogP contribution in [0.1, 0.15) is 46.0 Å². The largest absolute Gasteiger partial charge is 0.481 e. The van der Waals surface area contributed by atoms with Crippen LogP contribution in [0.15, 0.2) is 0 Å². The highest BCUT2D eigenvalue weighted by Crippen LogP contribution is 2.32. The number of amides is 1. The molecule has 1 N–H and O–H groups in total. The number of carboxylic acids is 1. The molecule has 0 aromatic heterocycles. The molecule has 19 heavy (non-hydrogen) atoms. The van der Waals surface area contributed by atoms with Gasteiger partial charge in [-0.15, -0.1) is 0 Å². The van der Waals surface area contributed by atoms with E-state index in [1.54, 1.807) is 0 Å². The van der Waals surface area contributed by atoms with Gasteiger partial charge in [0, 0.05) is 19.0 Å². The molecule has 1 aliphatic heterocycles. The Morgan fingerprint density at radius 3 is 2.37 bits per heavy atom. The van der Waals surface area contributed by atoms with Gasteiger partial charge in [0.05, 0.1) is 5.92 Å². The van der Waals surface area contributed by atoms with Crippen molar-refractivity contribution in [3.8, 4) is 0 Å². The molecule has 4 atom stereocenters. The molecule has 1 amide bonds. The molecule has 2 fully saturated rings. The van der Waals surface area contributed by atoms with E-state index in [0.29, 0.717) is 18.3 Å². The summed E-state index contributed by atoms with van der Waals surface area (Å²) in [4.78, 5) is 25.5. The summed E-state index contributed by atoms with van der Waals surface area (Å²) < 4.78 is 0. The summed E-state index contributed by atoms with van der Waals surface area (Å²) in [5, 5.41) is 9.10. The molecule has 0 spiro atoms. The minimum absolute atomic E-state index is 0.0598. The van der Waals surface area contributed by atoms with E-state index in [4.69, 9.17) is 5.11 Å². The number of carbonyl (C=O) groups is 2. The Morgan fingerprint density at radius 2 is 1.74 bits per heavy atom. The van der Waals surface area contributed by atoms with Gasteiger partial charge in [-0.2, -0.15) is 0 Å². The summed E-state index contributed by atoms with van der Waals surface area (Å²) in [7, 11) is 0. The fraction of sp³-hybridized carbons (Fsp3) is 0.867. The number of hydrogen-bond donors (Lipinski definition) is 1. The first-order valence-electron chi connectivity index (χ1n) is 7.50. The molecule has 4 heteroatoms. The Morgan fingerprint density at radius 1 is 1.05 bits per heavy atom. The van der Waals surface area contributed by atoms with Crippen LogP contribution < -0.4 is 0 Å². The van der Waals surface area contributed by atoms with Gasteiger partial charge in [-0.1, -0.05) is 20.3 Å². The molecule has 4 nitrogen and oxygen atoms in total. The van der Waals surface area contributed by atoms with Gasteiger partial charge < -0.3 is 10.0 Å². The molecule has 1 saturated heterocycles. The Labute approximate surface area is 115 Å². The molecule has 1 heterocycles. The summed E-state index contributed by atoms with van der Waals surface area (Å²) in [5.41, 5.74) is 0. The lowest BCUT2D eigenvalue weighted by Crippen LogP contribution is -2.46. The van der Waals surface area contributed by atoms with Gasteiger partial charge in [0.15, 0.2) is 0 Å². The zero-order valence-corrected chi connectivity index (χ0v) is 12.0. The van der Waals surface area contributed by atoms with Crippen LogP contribution in [-0.4, -0.2) is 35.0 Å². The van der Waals surface area contributed by atoms with Crippen molar-refractivity contribution in [3.63, 3.8) is 0 Å². The quantitative estimate of drug-likeness (QED) is 0.835. The number of hydrogen-bond acceptors (Lipinski definition) is 2. The second-order valence-corrected chi connectivity index (χ2v) is 6.43.